The van der Waals surface area contributed by atoms with Gasteiger partial charge in [0.15, 0.2) is 0 Å². The first kappa shape index (κ1) is 22.7. The normalized spacial score (nSPS) is 17.2. The number of thiophene rings is 1. The van der Waals surface area contributed by atoms with Gasteiger partial charge in [-0.3, -0.25) is 14.7 Å². The lowest BCUT2D eigenvalue weighted by molar-refractivity contribution is -0.145. The lowest BCUT2D eigenvalue weighted by atomic mass is 9.85. The quantitative estimate of drug-likeness (QED) is 0.609. The Kier molecular flexibility index (Phi) is 6.26. The molecule has 1 aliphatic heterocycles. The number of aliphatic imine (C=N–C) groups is 1. The van der Waals surface area contributed by atoms with Gasteiger partial charge in [-0.05, 0) is 56.1 Å². The van der Waals surface area contributed by atoms with Crippen LogP contribution in [-0.4, -0.2) is 36.8 Å². The number of hydrogen-bond donors (Lipinski definition) is 0. The molecule has 0 spiro atoms. The molecule has 0 fully saturated rings. The molecule has 1 aromatic heterocycles. The van der Waals surface area contributed by atoms with Crippen LogP contribution in [0.3, 0.4) is 0 Å². The Balaban J connectivity index is 1.84. The third-order valence-corrected chi connectivity index (χ3v) is 7.58. The van der Waals surface area contributed by atoms with Crippen LogP contribution in [-0.2, 0) is 32.6 Å². The minimum atomic E-state index is -0.681. The van der Waals surface area contributed by atoms with E-state index in [0.29, 0.717) is 6.61 Å². The molecule has 1 amide bonds. The van der Waals surface area contributed by atoms with E-state index in [1.807, 2.05) is 0 Å². The van der Waals surface area contributed by atoms with Crippen molar-refractivity contribution in [2.45, 2.75) is 71.8 Å². The molecule has 0 saturated carbocycles. The molecule has 2 aromatic rings. The first-order valence-corrected chi connectivity index (χ1v) is 12.3. The second kappa shape index (κ2) is 8.81. The zero-order chi connectivity index (χ0) is 23.0. The van der Waals surface area contributed by atoms with Crippen molar-refractivity contribution in [3.8, 4) is 0 Å². The maximum atomic E-state index is 13.2. The number of anilines is 1. The summed E-state index contributed by atoms with van der Waals surface area (Å²) in [6, 6.07) is 7.86. The van der Waals surface area contributed by atoms with Crippen molar-refractivity contribution in [1.82, 2.24) is 0 Å². The maximum Gasteiger partial charge on any atom is 0.328 e. The van der Waals surface area contributed by atoms with Crippen molar-refractivity contribution in [3.63, 3.8) is 0 Å². The van der Waals surface area contributed by atoms with Gasteiger partial charge in [0, 0.05) is 16.0 Å². The third-order valence-electron chi connectivity index (χ3n) is 6.29. The van der Waals surface area contributed by atoms with Crippen LogP contribution in [0.15, 0.2) is 29.3 Å². The molecule has 32 heavy (non-hydrogen) atoms. The Morgan fingerprint density at radius 3 is 2.53 bits per heavy atom. The van der Waals surface area contributed by atoms with E-state index >= 15 is 0 Å². The summed E-state index contributed by atoms with van der Waals surface area (Å²) in [5, 5.41) is 0.846. The predicted octanol–water partition coefficient (Wildman–Crippen LogP) is 5.06. The van der Waals surface area contributed by atoms with Crippen molar-refractivity contribution in [2.24, 2.45) is 4.99 Å². The third kappa shape index (κ3) is 4.13. The van der Waals surface area contributed by atoms with Crippen LogP contribution in [0.5, 0.6) is 0 Å². The molecular weight excluding hydrogens is 420 g/mol. The topological polar surface area (TPSA) is 59.0 Å². The van der Waals surface area contributed by atoms with Gasteiger partial charge in [0.25, 0.3) is 0 Å². The summed E-state index contributed by atoms with van der Waals surface area (Å²) in [5.74, 6) is -0.539. The predicted molar refractivity (Wildman–Crippen MR) is 130 cm³/mol. The van der Waals surface area contributed by atoms with Crippen molar-refractivity contribution in [1.29, 1.82) is 0 Å². The molecule has 2 heterocycles. The van der Waals surface area contributed by atoms with E-state index in [2.05, 4.69) is 45.0 Å². The molecule has 1 aliphatic carbocycles. The SMILES string of the molecule is CCOC(=O)[C@H](C)N1C(=O)CN=C(c2ccc(C(C)(C)C)cc2)c2c1sc1c2CCCC1. The van der Waals surface area contributed by atoms with Crippen LogP contribution in [0, 0.1) is 0 Å². The lowest BCUT2D eigenvalue weighted by Gasteiger charge is -2.26. The fourth-order valence-corrected chi connectivity index (χ4v) is 5.99. The number of fused-ring (bicyclic) bond motifs is 3. The summed E-state index contributed by atoms with van der Waals surface area (Å²) in [5.41, 5.74) is 5.55. The minimum absolute atomic E-state index is 0.0241. The Labute approximate surface area is 194 Å². The molecule has 4 rings (SSSR count). The lowest BCUT2D eigenvalue weighted by Crippen LogP contribution is -2.45. The van der Waals surface area contributed by atoms with Gasteiger partial charge in [0.1, 0.15) is 17.6 Å². The highest BCUT2D eigenvalue weighted by molar-refractivity contribution is 7.17. The Morgan fingerprint density at radius 2 is 1.88 bits per heavy atom. The Morgan fingerprint density at radius 1 is 1.19 bits per heavy atom. The molecule has 1 atom stereocenters. The smallest absolute Gasteiger partial charge is 0.328 e. The molecule has 0 bridgehead atoms. The van der Waals surface area contributed by atoms with Crippen LogP contribution in [0.2, 0.25) is 0 Å². The summed E-state index contributed by atoms with van der Waals surface area (Å²) >= 11 is 1.65. The first-order chi connectivity index (χ1) is 15.2. The van der Waals surface area contributed by atoms with Gasteiger partial charge in [-0.1, -0.05) is 45.0 Å². The van der Waals surface area contributed by atoms with Crippen molar-refractivity contribution >= 4 is 33.9 Å². The second-order valence-electron chi connectivity index (χ2n) is 9.57. The average Bonchev–Trinajstić information content (AvgIpc) is 3.06. The minimum Gasteiger partial charge on any atom is -0.464 e. The zero-order valence-corrected chi connectivity index (χ0v) is 20.5. The number of carbonyl (C=O) groups is 2. The molecule has 170 valence electrons. The van der Waals surface area contributed by atoms with E-state index in [1.54, 1.807) is 30.1 Å². The molecule has 5 nitrogen and oxygen atoms in total. The van der Waals surface area contributed by atoms with Crippen LogP contribution in [0.4, 0.5) is 5.00 Å². The number of aryl methyl sites for hydroxylation is 1. The molecule has 0 saturated heterocycles. The van der Waals surface area contributed by atoms with E-state index < -0.39 is 6.04 Å². The standard InChI is InChI=1S/C26H32N2O3S/c1-6-31-25(30)16(2)28-21(29)15-27-23(17-11-13-18(14-12-17)26(3,4)5)22-19-9-7-8-10-20(19)32-24(22)28/h11-14,16H,6-10,15H2,1-5H3/t16-/m0/s1. The number of hydrogen-bond acceptors (Lipinski definition) is 5. The van der Waals surface area contributed by atoms with E-state index in [0.717, 1.165) is 47.5 Å². The number of nitrogens with zero attached hydrogens (tertiary/aromatic N) is 2. The van der Waals surface area contributed by atoms with E-state index in [-0.39, 0.29) is 23.8 Å². The fourth-order valence-electron chi connectivity index (χ4n) is 4.50. The largest absolute Gasteiger partial charge is 0.464 e. The Hall–Kier alpha value is -2.47. The maximum absolute atomic E-state index is 13.2. The molecule has 1 aromatic carbocycles. The highest BCUT2D eigenvalue weighted by atomic mass is 32.1. The van der Waals surface area contributed by atoms with Crippen molar-refractivity contribution in [2.75, 3.05) is 18.1 Å². The van der Waals surface area contributed by atoms with Gasteiger partial charge >= 0.3 is 5.97 Å². The highest BCUT2D eigenvalue weighted by Gasteiger charge is 2.37. The molecule has 0 unspecified atom stereocenters. The van der Waals surface area contributed by atoms with Crippen LogP contribution in [0.1, 0.15) is 74.6 Å². The number of ether oxygens (including phenoxy) is 1. The van der Waals surface area contributed by atoms with Gasteiger partial charge in [0.05, 0.1) is 12.3 Å². The number of carbonyl (C=O) groups excluding carboxylic acids is 2. The Bertz CT molecular complexity index is 1060. The highest BCUT2D eigenvalue weighted by Crippen LogP contribution is 2.43. The van der Waals surface area contributed by atoms with Gasteiger partial charge in [-0.15, -0.1) is 11.3 Å². The summed E-state index contributed by atoms with van der Waals surface area (Å²) in [6.45, 7) is 10.5. The van der Waals surface area contributed by atoms with Crippen molar-refractivity contribution in [3.05, 3.63) is 51.4 Å². The fraction of sp³-hybridized carbons (Fsp3) is 0.500. The van der Waals surface area contributed by atoms with E-state index in [4.69, 9.17) is 9.73 Å². The van der Waals surface area contributed by atoms with Crippen LogP contribution < -0.4 is 4.90 Å². The number of esters is 1. The van der Waals surface area contributed by atoms with Crippen LogP contribution in [0.25, 0.3) is 0 Å². The number of benzene rings is 1. The summed E-state index contributed by atoms with van der Waals surface area (Å²) < 4.78 is 5.25. The van der Waals surface area contributed by atoms with Crippen molar-refractivity contribution < 1.29 is 14.3 Å². The first-order valence-electron chi connectivity index (χ1n) is 11.5. The van der Waals surface area contributed by atoms with E-state index in [1.165, 1.54) is 16.0 Å². The van der Waals surface area contributed by atoms with Gasteiger partial charge in [-0.2, -0.15) is 0 Å². The van der Waals surface area contributed by atoms with Crippen LogP contribution >= 0.6 is 11.3 Å². The summed E-state index contributed by atoms with van der Waals surface area (Å²) in [7, 11) is 0. The molecular formula is C26H32N2O3S. The molecule has 0 radical (unpaired) electrons. The number of rotatable bonds is 4. The molecule has 0 N–H and O–H groups in total. The van der Waals surface area contributed by atoms with Gasteiger partial charge in [-0.25, -0.2) is 4.79 Å². The molecule has 6 heteroatoms. The monoisotopic (exact) mass is 452 g/mol. The summed E-state index contributed by atoms with van der Waals surface area (Å²) in [4.78, 5) is 33.6. The van der Waals surface area contributed by atoms with E-state index in [9.17, 15) is 9.59 Å². The molecule has 2 aliphatic rings. The number of amides is 1. The second-order valence-corrected chi connectivity index (χ2v) is 10.7. The van der Waals surface area contributed by atoms with Gasteiger partial charge < -0.3 is 4.74 Å². The van der Waals surface area contributed by atoms with Gasteiger partial charge in [0.2, 0.25) is 5.91 Å². The average molecular weight is 453 g/mol. The zero-order valence-electron chi connectivity index (χ0n) is 19.7. The summed E-state index contributed by atoms with van der Waals surface area (Å²) in [6.07, 6.45) is 4.28.